The zero-order valence-corrected chi connectivity index (χ0v) is 11.5. The Bertz CT molecular complexity index is 349. The normalized spacial score (nSPS) is 13.4. The Morgan fingerprint density at radius 2 is 2.35 bits per heavy atom. The molecular weight excluding hydrogens is 234 g/mol. The molecule has 0 aliphatic heterocycles. The molecule has 1 aromatic heterocycles. The standard InChI is InChI=1S/C12H21N3OS/c1-9(5-4-6-13)10(16)15-12(2,3)11-14-7-8-17-11/h7-9H,4-6,13H2,1-3H3,(H,15,16). The van der Waals surface area contributed by atoms with Crippen LogP contribution in [0.15, 0.2) is 11.6 Å². The number of aromatic nitrogens is 1. The predicted octanol–water partition coefficient (Wildman–Crippen LogP) is 1.87. The van der Waals surface area contributed by atoms with Crippen molar-refractivity contribution >= 4 is 17.2 Å². The van der Waals surface area contributed by atoms with E-state index in [-0.39, 0.29) is 11.8 Å². The van der Waals surface area contributed by atoms with Crippen molar-refractivity contribution in [3.63, 3.8) is 0 Å². The van der Waals surface area contributed by atoms with Crippen molar-refractivity contribution in [3.8, 4) is 0 Å². The van der Waals surface area contributed by atoms with Crippen LogP contribution in [-0.2, 0) is 10.3 Å². The van der Waals surface area contributed by atoms with E-state index in [9.17, 15) is 4.79 Å². The van der Waals surface area contributed by atoms with Gasteiger partial charge in [-0.05, 0) is 33.2 Å². The minimum Gasteiger partial charge on any atom is -0.344 e. The van der Waals surface area contributed by atoms with Crippen molar-refractivity contribution in [1.82, 2.24) is 10.3 Å². The highest BCUT2D eigenvalue weighted by molar-refractivity contribution is 7.09. The number of amides is 1. The van der Waals surface area contributed by atoms with E-state index in [2.05, 4.69) is 10.3 Å². The van der Waals surface area contributed by atoms with Crippen LogP contribution >= 0.6 is 11.3 Å². The molecule has 0 fully saturated rings. The van der Waals surface area contributed by atoms with Gasteiger partial charge < -0.3 is 11.1 Å². The van der Waals surface area contributed by atoms with Gasteiger partial charge in [-0.25, -0.2) is 4.98 Å². The molecule has 1 amide bonds. The Kier molecular flexibility index (Phi) is 5.08. The second-order valence-electron chi connectivity index (χ2n) is 4.78. The number of carbonyl (C=O) groups is 1. The second-order valence-corrected chi connectivity index (χ2v) is 5.68. The predicted molar refractivity (Wildman–Crippen MR) is 70.7 cm³/mol. The first-order valence-corrected chi connectivity index (χ1v) is 6.77. The Hall–Kier alpha value is -0.940. The van der Waals surface area contributed by atoms with E-state index in [1.807, 2.05) is 26.2 Å². The fourth-order valence-electron chi connectivity index (χ4n) is 1.57. The zero-order valence-electron chi connectivity index (χ0n) is 10.7. The highest BCUT2D eigenvalue weighted by Gasteiger charge is 2.27. The van der Waals surface area contributed by atoms with Gasteiger partial charge in [0, 0.05) is 17.5 Å². The van der Waals surface area contributed by atoms with Crippen LogP contribution in [0.25, 0.3) is 0 Å². The fourth-order valence-corrected chi connectivity index (χ4v) is 2.29. The van der Waals surface area contributed by atoms with Gasteiger partial charge in [-0.1, -0.05) is 6.92 Å². The molecule has 4 nitrogen and oxygen atoms in total. The molecule has 0 aromatic carbocycles. The van der Waals surface area contributed by atoms with Crippen LogP contribution in [0.5, 0.6) is 0 Å². The maximum atomic E-state index is 12.0. The van der Waals surface area contributed by atoms with Gasteiger partial charge in [0.2, 0.25) is 5.91 Å². The molecule has 0 aliphatic rings. The van der Waals surface area contributed by atoms with Crippen LogP contribution in [0.1, 0.15) is 38.6 Å². The Balaban J connectivity index is 2.55. The summed E-state index contributed by atoms with van der Waals surface area (Å²) >= 11 is 1.56. The van der Waals surface area contributed by atoms with Gasteiger partial charge in [0.1, 0.15) is 5.01 Å². The molecule has 17 heavy (non-hydrogen) atoms. The van der Waals surface area contributed by atoms with E-state index in [4.69, 9.17) is 5.73 Å². The van der Waals surface area contributed by atoms with Crippen LogP contribution in [0.3, 0.4) is 0 Å². The quantitative estimate of drug-likeness (QED) is 0.815. The van der Waals surface area contributed by atoms with Gasteiger partial charge in [0.05, 0.1) is 5.54 Å². The molecule has 0 aliphatic carbocycles. The van der Waals surface area contributed by atoms with Crippen LogP contribution in [0, 0.1) is 5.92 Å². The van der Waals surface area contributed by atoms with Crippen molar-refractivity contribution in [3.05, 3.63) is 16.6 Å². The number of hydrogen-bond donors (Lipinski definition) is 2. The lowest BCUT2D eigenvalue weighted by molar-refractivity contribution is -0.126. The molecule has 1 heterocycles. The zero-order chi connectivity index (χ0) is 12.9. The third-order valence-electron chi connectivity index (χ3n) is 2.69. The SMILES string of the molecule is CC(CCCN)C(=O)NC(C)(C)c1nccs1. The van der Waals surface area contributed by atoms with Crippen LogP contribution < -0.4 is 11.1 Å². The van der Waals surface area contributed by atoms with Crippen LogP contribution in [0.2, 0.25) is 0 Å². The van der Waals surface area contributed by atoms with Crippen LogP contribution in [0.4, 0.5) is 0 Å². The van der Waals surface area contributed by atoms with Gasteiger partial charge in [-0.2, -0.15) is 0 Å². The topological polar surface area (TPSA) is 68.0 Å². The summed E-state index contributed by atoms with van der Waals surface area (Å²) in [5.74, 6) is 0.0661. The lowest BCUT2D eigenvalue weighted by atomic mass is 10.0. The molecule has 5 heteroatoms. The van der Waals surface area contributed by atoms with Gasteiger partial charge in [0.25, 0.3) is 0 Å². The summed E-state index contributed by atoms with van der Waals surface area (Å²) in [6, 6.07) is 0. The Morgan fingerprint density at radius 3 is 2.88 bits per heavy atom. The molecule has 0 spiro atoms. The molecule has 0 saturated carbocycles. The number of rotatable bonds is 6. The maximum Gasteiger partial charge on any atom is 0.223 e. The summed E-state index contributed by atoms with van der Waals surface area (Å²) in [5.41, 5.74) is 5.04. The number of nitrogens with one attached hydrogen (secondary N) is 1. The number of nitrogens with zero attached hydrogens (tertiary/aromatic N) is 1. The molecule has 1 atom stereocenters. The Labute approximate surface area is 107 Å². The number of carbonyl (C=O) groups excluding carboxylic acids is 1. The third kappa shape index (κ3) is 4.09. The minimum atomic E-state index is -0.401. The average molecular weight is 255 g/mol. The van der Waals surface area contributed by atoms with Crippen molar-refractivity contribution in [2.45, 2.75) is 39.2 Å². The molecule has 3 N–H and O–H groups in total. The largest absolute Gasteiger partial charge is 0.344 e. The van der Waals surface area contributed by atoms with Gasteiger partial charge >= 0.3 is 0 Å². The minimum absolute atomic E-state index is 0.00205. The number of thiazole rings is 1. The molecular formula is C12H21N3OS. The first-order chi connectivity index (χ1) is 7.97. The summed E-state index contributed by atoms with van der Waals surface area (Å²) in [6.45, 7) is 6.51. The van der Waals surface area contributed by atoms with Crippen molar-refractivity contribution in [2.24, 2.45) is 11.7 Å². The van der Waals surface area contributed by atoms with Crippen LogP contribution in [-0.4, -0.2) is 17.4 Å². The van der Waals surface area contributed by atoms with E-state index in [0.717, 1.165) is 17.8 Å². The van der Waals surface area contributed by atoms with E-state index in [0.29, 0.717) is 6.54 Å². The smallest absolute Gasteiger partial charge is 0.223 e. The molecule has 1 unspecified atom stereocenters. The average Bonchev–Trinajstić information content (AvgIpc) is 2.79. The van der Waals surface area contributed by atoms with E-state index >= 15 is 0 Å². The summed E-state index contributed by atoms with van der Waals surface area (Å²) in [4.78, 5) is 16.2. The van der Waals surface area contributed by atoms with Gasteiger partial charge in [-0.3, -0.25) is 4.79 Å². The van der Waals surface area contributed by atoms with Crippen molar-refractivity contribution < 1.29 is 4.79 Å². The van der Waals surface area contributed by atoms with Crippen molar-refractivity contribution in [1.29, 1.82) is 0 Å². The van der Waals surface area contributed by atoms with E-state index in [1.54, 1.807) is 17.5 Å². The highest BCUT2D eigenvalue weighted by atomic mass is 32.1. The van der Waals surface area contributed by atoms with Crippen molar-refractivity contribution in [2.75, 3.05) is 6.54 Å². The molecule has 0 bridgehead atoms. The number of nitrogens with two attached hydrogens (primary N) is 1. The summed E-state index contributed by atoms with van der Waals surface area (Å²) in [5, 5.41) is 5.88. The lowest BCUT2D eigenvalue weighted by Gasteiger charge is -2.25. The first-order valence-electron chi connectivity index (χ1n) is 5.89. The monoisotopic (exact) mass is 255 g/mol. The summed E-state index contributed by atoms with van der Waals surface area (Å²) in [6.07, 6.45) is 3.47. The maximum absolute atomic E-state index is 12.0. The Morgan fingerprint density at radius 1 is 1.65 bits per heavy atom. The first kappa shape index (κ1) is 14.1. The summed E-state index contributed by atoms with van der Waals surface area (Å²) in [7, 11) is 0. The highest BCUT2D eigenvalue weighted by Crippen LogP contribution is 2.22. The lowest BCUT2D eigenvalue weighted by Crippen LogP contribution is -2.43. The molecule has 0 saturated heterocycles. The molecule has 1 aromatic rings. The molecule has 96 valence electrons. The van der Waals surface area contributed by atoms with Gasteiger partial charge in [-0.15, -0.1) is 11.3 Å². The molecule has 1 rings (SSSR count). The van der Waals surface area contributed by atoms with Gasteiger partial charge in [0.15, 0.2) is 0 Å². The van der Waals surface area contributed by atoms with E-state index in [1.165, 1.54) is 0 Å². The second kappa shape index (κ2) is 6.12. The summed E-state index contributed by atoms with van der Waals surface area (Å²) < 4.78 is 0. The fraction of sp³-hybridized carbons (Fsp3) is 0.667. The number of hydrogen-bond acceptors (Lipinski definition) is 4. The third-order valence-corrected chi connectivity index (χ3v) is 3.79. The van der Waals surface area contributed by atoms with E-state index < -0.39 is 5.54 Å². The molecule has 0 radical (unpaired) electrons.